The van der Waals surface area contributed by atoms with Crippen molar-refractivity contribution in [3.63, 3.8) is 0 Å². The highest BCUT2D eigenvalue weighted by atomic mass is 32.2. The van der Waals surface area contributed by atoms with Gasteiger partial charge < -0.3 is 4.74 Å². The Morgan fingerprint density at radius 2 is 2.13 bits per heavy atom. The number of hydrogen-bond acceptors (Lipinski definition) is 4. The second kappa shape index (κ2) is 4.84. The Morgan fingerprint density at radius 1 is 1.33 bits per heavy atom. The van der Waals surface area contributed by atoms with Crippen molar-refractivity contribution in [3.8, 4) is 5.75 Å². The van der Waals surface area contributed by atoms with Crippen molar-refractivity contribution >= 4 is 11.8 Å². The van der Waals surface area contributed by atoms with Crippen LogP contribution in [0.3, 0.4) is 0 Å². The molecule has 1 aromatic heterocycles. The molecule has 0 radical (unpaired) electrons. The molecule has 0 aliphatic rings. The first-order chi connectivity index (χ1) is 7.38. The van der Waals surface area contributed by atoms with E-state index in [2.05, 4.69) is 15.2 Å². The molecule has 0 saturated heterocycles. The number of thioether (sulfide) groups is 1. The van der Waals surface area contributed by atoms with Crippen LogP contribution in [0.2, 0.25) is 0 Å². The highest BCUT2D eigenvalue weighted by molar-refractivity contribution is 7.98. The van der Waals surface area contributed by atoms with Gasteiger partial charge in [0.1, 0.15) is 12.1 Å². The Kier molecular flexibility index (Phi) is 3.24. The van der Waals surface area contributed by atoms with Gasteiger partial charge in [0, 0.05) is 5.75 Å². The summed E-state index contributed by atoms with van der Waals surface area (Å²) in [6.07, 6.45) is 1.58. The van der Waals surface area contributed by atoms with E-state index in [0.29, 0.717) is 0 Å². The largest absolute Gasteiger partial charge is 0.497 e. The third-order valence-electron chi connectivity index (χ3n) is 1.92. The molecule has 1 heterocycles. The predicted molar refractivity (Wildman–Crippen MR) is 58.9 cm³/mol. The molecule has 0 fully saturated rings. The number of ether oxygens (including phenoxy) is 1. The van der Waals surface area contributed by atoms with Gasteiger partial charge in [0.25, 0.3) is 0 Å². The van der Waals surface area contributed by atoms with E-state index < -0.39 is 0 Å². The van der Waals surface area contributed by atoms with Crippen molar-refractivity contribution in [2.75, 3.05) is 7.11 Å². The van der Waals surface area contributed by atoms with Crippen LogP contribution >= 0.6 is 11.8 Å². The number of H-pyrrole nitrogens is 1. The second-order valence-electron chi connectivity index (χ2n) is 2.92. The maximum Gasteiger partial charge on any atom is 0.208 e. The van der Waals surface area contributed by atoms with E-state index in [1.54, 1.807) is 25.2 Å². The minimum Gasteiger partial charge on any atom is -0.497 e. The number of aromatic nitrogens is 3. The summed E-state index contributed by atoms with van der Waals surface area (Å²) in [7, 11) is 1.66. The number of hydrogen-bond donors (Lipinski definition) is 1. The van der Waals surface area contributed by atoms with Crippen molar-refractivity contribution in [3.05, 3.63) is 36.2 Å². The SMILES string of the molecule is COc1ccc(CSc2nc[nH]n2)cc1. The molecule has 0 aliphatic carbocycles. The molecule has 0 bridgehead atoms. The predicted octanol–water partition coefficient (Wildman–Crippen LogP) is 2.11. The van der Waals surface area contributed by atoms with Gasteiger partial charge in [-0.25, -0.2) is 4.98 Å². The smallest absolute Gasteiger partial charge is 0.208 e. The van der Waals surface area contributed by atoms with Crippen molar-refractivity contribution < 1.29 is 4.74 Å². The van der Waals surface area contributed by atoms with E-state index in [9.17, 15) is 0 Å². The Labute approximate surface area is 92.1 Å². The third-order valence-corrected chi connectivity index (χ3v) is 2.85. The fraction of sp³-hybridized carbons (Fsp3) is 0.200. The van der Waals surface area contributed by atoms with Gasteiger partial charge in [-0.05, 0) is 17.7 Å². The Bertz CT molecular complexity index is 399. The number of nitrogens with one attached hydrogen (secondary N) is 1. The van der Waals surface area contributed by atoms with Gasteiger partial charge in [-0.15, -0.1) is 5.10 Å². The average Bonchev–Trinajstić information content (AvgIpc) is 2.80. The van der Waals surface area contributed by atoms with E-state index in [0.717, 1.165) is 16.7 Å². The summed E-state index contributed by atoms with van der Waals surface area (Å²) in [4.78, 5) is 4.04. The van der Waals surface area contributed by atoms with Crippen LogP contribution in [0.4, 0.5) is 0 Å². The van der Waals surface area contributed by atoms with E-state index >= 15 is 0 Å². The molecule has 1 N–H and O–H groups in total. The Hall–Kier alpha value is -1.49. The lowest BCUT2D eigenvalue weighted by Gasteiger charge is -2.01. The first kappa shape index (κ1) is 10.0. The van der Waals surface area contributed by atoms with Gasteiger partial charge in [0.2, 0.25) is 5.16 Å². The number of rotatable bonds is 4. The summed E-state index contributed by atoms with van der Waals surface area (Å²) in [6.45, 7) is 0. The third kappa shape index (κ3) is 2.73. The van der Waals surface area contributed by atoms with Gasteiger partial charge in [-0.1, -0.05) is 23.9 Å². The van der Waals surface area contributed by atoms with Gasteiger partial charge >= 0.3 is 0 Å². The zero-order chi connectivity index (χ0) is 10.5. The normalized spacial score (nSPS) is 10.2. The van der Waals surface area contributed by atoms with Crippen LogP contribution in [0, 0.1) is 0 Å². The molecule has 15 heavy (non-hydrogen) atoms. The standard InChI is InChI=1S/C10H11N3OS/c1-14-9-4-2-8(3-5-9)6-15-10-11-7-12-13-10/h2-5,7H,6H2,1H3,(H,11,12,13). The maximum atomic E-state index is 5.08. The van der Waals surface area contributed by atoms with Gasteiger partial charge in [-0.2, -0.15) is 0 Å². The van der Waals surface area contributed by atoms with Gasteiger partial charge in [-0.3, -0.25) is 5.10 Å². The topological polar surface area (TPSA) is 50.8 Å². The van der Waals surface area contributed by atoms with E-state index in [1.165, 1.54) is 5.56 Å². The average molecular weight is 221 g/mol. The molecule has 0 atom stereocenters. The molecule has 2 aromatic rings. The Morgan fingerprint density at radius 3 is 2.73 bits per heavy atom. The van der Waals surface area contributed by atoms with Crippen molar-refractivity contribution in [1.29, 1.82) is 0 Å². The molecular formula is C10H11N3OS. The summed E-state index contributed by atoms with van der Waals surface area (Å²) in [5.74, 6) is 1.74. The van der Waals surface area contributed by atoms with Gasteiger partial charge in [0.15, 0.2) is 0 Å². The van der Waals surface area contributed by atoms with Crippen LogP contribution in [0.5, 0.6) is 5.75 Å². The maximum absolute atomic E-state index is 5.08. The molecule has 0 spiro atoms. The molecule has 1 aromatic carbocycles. The second-order valence-corrected chi connectivity index (χ2v) is 3.86. The molecular weight excluding hydrogens is 210 g/mol. The first-order valence-corrected chi connectivity index (χ1v) is 5.48. The molecule has 0 aliphatic heterocycles. The van der Waals surface area contributed by atoms with Crippen molar-refractivity contribution in [2.24, 2.45) is 0 Å². The highest BCUT2D eigenvalue weighted by Crippen LogP contribution is 2.20. The zero-order valence-electron chi connectivity index (χ0n) is 8.30. The summed E-state index contributed by atoms with van der Waals surface area (Å²) < 4.78 is 5.08. The van der Waals surface area contributed by atoms with E-state index in [1.807, 2.05) is 24.3 Å². The van der Waals surface area contributed by atoms with E-state index in [-0.39, 0.29) is 0 Å². The fourth-order valence-electron chi connectivity index (χ4n) is 1.14. The Balaban J connectivity index is 1.93. The number of aromatic amines is 1. The number of nitrogens with zero attached hydrogens (tertiary/aromatic N) is 2. The van der Waals surface area contributed by atoms with Crippen LogP contribution in [0.25, 0.3) is 0 Å². The molecule has 78 valence electrons. The lowest BCUT2D eigenvalue weighted by molar-refractivity contribution is 0.414. The summed E-state index contributed by atoms with van der Waals surface area (Å²) in [6, 6.07) is 7.98. The van der Waals surface area contributed by atoms with Crippen LogP contribution in [-0.4, -0.2) is 22.3 Å². The van der Waals surface area contributed by atoms with Crippen LogP contribution in [0.15, 0.2) is 35.7 Å². The van der Waals surface area contributed by atoms with Crippen molar-refractivity contribution in [2.45, 2.75) is 10.9 Å². The monoisotopic (exact) mass is 221 g/mol. The fourth-order valence-corrected chi connectivity index (χ4v) is 1.87. The lowest BCUT2D eigenvalue weighted by atomic mass is 10.2. The highest BCUT2D eigenvalue weighted by Gasteiger charge is 1.99. The van der Waals surface area contributed by atoms with Crippen LogP contribution in [-0.2, 0) is 5.75 Å². The lowest BCUT2D eigenvalue weighted by Crippen LogP contribution is -1.85. The quantitative estimate of drug-likeness (QED) is 0.803. The minimum atomic E-state index is 0.769. The molecule has 0 amide bonds. The zero-order valence-corrected chi connectivity index (χ0v) is 9.12. The molecule has 0 saturated carbocycles. The first-order valence-electron chi connectivity index (χ1n) is 4.50. The minimum absolute atomic E-state index is 0.769. The molecule has 4 nitrogen and oxygen atoms in total. The van der Waals surface area contributed by atoms with E-state index in [4.69, 9.17) is 4.74 Å². The van der Waals surface area contributed by atoms with Crippen LogP contribution in [0.1, 0.15) is 5.56 Å². The molecule has 0 unspecified atom stereocenters. The summed E-state index contributed by atoms with van der Waals surface area (Å²) in [5.41, 5.74) is 1.23. The summed E-state index contributed by atoms with van der Waals surface area (Å²) >= 11 is 1.60. The number of benzene rings is 1. The molecule has 5 heteroatoms. The molecule has 2 rings (SSSR count). The summed E-state index contributed by atoms with van der Waals surface area (Å²) in [5, 5.41) is 7.42. The van der Waals surface area contributed by atoms with Crippen molar-refractivity contribution in [1.82, 2.24) is 15.2 Å². The number of methoxy groups -OCH3 is 1. The van der Waals surface area contributed by atoms with Crippen LogP contribution < -0.4 is 4.74 Å². The van der Waals surface area contributed by atoms with Gasteiger partial charge in [0.05, 0.1) is 7.11 Å².